The van der Waals surface area contributed by atoms with Crippen molar-refractivity contribution >= 4 is 23.6 Å². The SMILES string of the molecule is CCn1c(SCCN2C(=O)c3ccccc3C2=O)nnc1C1CC1. The van der Waals surface area contributed by atoms with Gasteiger partial charge in [0.15, 0.2) is 5.16 Å². The lowest BCUT2D eigenvalue weighted by molar-refractivity contribution is 0.0664. The van der Waals surface area contributed by atoms with Gasteiger partial charge >= 0.3 is 0 Å². The zero-order valence-corrected chi connectivity index (χ0v) is 14.3. The van der Waals surface area contributed by atoms with Crippen LogP contribution in [0.15, 0.2) is 29.4 Å². The summed E-state index contributed by atoms with van der Waals surface area (Å²) in [4.78, 5) is 26.0. The van der Waals surface area contributed by atoms with Gasteiger partial charge in [0.05, 0.1) is 11.1 Å². The van der Waals surface area contributed by atoms with E-state index in [-0.39, 0.29) is 11.8 Å². The molecule has 4 rings (SSSR count). The Morgan fingerprint density at radius 3 is 2.38 bits per heavy atom. The van der Waals surface area contributed by atoms with Crippen LogP contribution in [-0.4, -0.2) is 43.8 Å². The van der Waals surface area contributed by atoms with Crippen molar-refractivity contribution in [1.82, 2.24) is 19.7 Å². The van der Waals surface area contributed by atoms with Crippen molar-refractivity contribution in [1.29, 1.82) is 0 Å². The second kappa shape index (κ2) is 6.05. The largest absolute Gasteiger partial charge is 0.306 e. The first-order valence-corrected chi connectivity index (χ1v) is 9.20. The first-order chi connectivity index (χ1) is 11.7. The molecule has 0 spiro atoms. The third kappa shape index (κ3) is 2.53. The number of amides is 2. The van der Waals surface area contributed by atoms with Crippen LogP contribution >= 0.6 is 11.8 Å². The predicted octanol–water partition coefficient (Wildman–Crippen LogP) is 2.56. The third-order valence-corrected chi connectivity index (χ3v) is 5.38. The van der Waals surface area contributed by atoms with Crippen LogP contribution in [0.3, 0.4) is 0 Å². The number of imide groups is 1. The molecule has 2 aliphatic rings. The molecule has 0 bridgehead atoms. The number of nitrogens with zero attached hydrogens (tertiary/aromatic N) is 4. The summed E-state index contributed by atoms with van der Waals surface area (Å²) >= 11 is 1.55. The van der Waals surface area contributed by atoms with E-state index >= 15 is 0 Å². The monoisotopic (exact) mass is 342 g/mol. The molecule has 1 aliphatic carbocycles. The smallest absolute Gasteiger partial charge is 0.261 e. The molecule has 0 saturated heterocycles. The molecule has 1 aromatic heterocycles. The minimum absolute atomic E-state index is 0.202. The van der Waals surface area contributed by atoms with Crippen LogP contribution in [0.4, 0.5) is 0 Å². The number of carbonyl (C=O) groups is 2. The predicted molar refractivity (Wildman–Crippen MR) is 90.2 cm³/mol. The van der Waals surface area contributed by atoms with Crippen molar-refractivity contribution in [2.24, 2.45) is 0 Å². The average molecular weight is 342 g/mol. The van der Waals surface area contributed by atoms with E-state index in [0.717, 1.165) is 17.5 Å². The molecule has 6 nitrogen and oxygen atoms in total. The van der Waals surface area contributed by atoms with Gasteiger partial charge in [-0.05, 0) is 31.9 Å². The molecule has 2 aromatic rings. The molecule has 24 heavy (non-hydrogen) atoms. The molecule has 0 radical (unpaired) electrons. The number of hydrogen-bond acceptors (Lipinski definition) is 5. The molecule has 2 heterocycles. The van der Waals surface area contributed by atoms with Crippen LogP contribution < -0.4 is 0 Å². The summed E-state index contributed by atoms with van der Waals surface area (Å²) in [6, 6.07) is 6.98. The van der Waals surface area contributed by atoms with E-state index in [1.165, 1.54) is 17.7 Å². The van der Waals surface area contributed by atoms with E-state index < -0.39 is 0 Å². The molecule has 124 valence electrons. The minimum atomic E-state index is -0.202. The van der Waals surface area contributed by atoms with Crippen molar-refractivity contribution in [2.75, 3.05) is 12.3 Å². The van der Waals surface area contributed by atoms with Crippen LogP contribution in [0.1, 0.15) is 52.2 Å². The quantitative estimate of drug-likeness (QED) is 0.596. The van der Waals surface area contributed by atoms with Crippen molar-refractivity contribution in [3.05, 3.63) is 41.2 Å². The Kier molecular flexibility index (Phi) is 3.88. The fourth-order valence-electron chi connectivity index (χ4n) is 3.02. The summed E-state index contributed by atoms with van der Waals surface area (Å²) in [6.45, 7) is 3.31. The lowest BCUT2D eigenvalue weighted by atomic mass is 10.1. The number of benzene rings is 1. The fraction of sp³-hybridized carbons (Fsp3) is 0.412. The van der Waals surface area contributed by atoms with Gasteiger partial charge in [-0.15, -0.1) is 10.2 Å². The second-order valence-electron chi connectivity index (χ2n) is 6.02. The lowest BCUT2D eigenvalue weighted by Crippen LogP contribution is -2.31. The first-order valence-electron chi connectivity index (χ1n) is 8.21. The summed E-state index contributed by atoms with van der Waals surface area (Å²) in [7, 11) is 0. The molecular formula is C17H18N4O2S. The van der Waals surface area contributed by atoms with Gasteiger partial charge in [0.25, 0.3) is 11.8 Å². The molecular weight excluding hydrogens is 324 g/mol. The first kappa shape index (κ1) is 15.4. The van der Waals surface area contributed by atoms with E-state index in [4.69, 9.17) is 0 Å². The van der Waals surface area contributed by atoms with Gasteiger partial charge in [0.2, 0.25) is 0 Å². The van der Waals surface area contributed by atoms with Gasteiger partial charge in [0.1, 0.15) is 5.82 Å². The maximum Gasteiger partial charge on any atom is 0.261 e. The number of fused-ring (bicyclic) bond motifs is 1. The van der Waals surface area contributed by atoms with Gasteiger partial charge < -0.3 is 4.57 Å². The van der Waals surface area contributed by atoms with Gasteiger partial charge in [-0.3, -0.25) is 14.5 Å². The molecule has 7 heteroatoms. The van der Waals surface area contributed by atoms with E-state index in [9.17, 15) is 9.59 Å². The molecule has 0 N–H and O–H groups in total. The number of carbonyl (C=O) groups excluding carboxylic acids is 2. The number of rotatable bonds is 6. The van der Waals surface area contributed by atoms with Crippen molar-refractivity contribution in [2.45, 2.75) is 37.4 Å². The van der Waals surface area contributed by atoms with Crippen LogP contribution in [-0.2, 0) is 6.54 Å². The van der Waals surface area contributed by atoms with Gasteiger partial charge in [-0.2, -0.15) is 0 Å². The van der Waals surface area contributed by atoms with E-state index in [1.54, 1.807) is 36.0 Å². The van der Waals surface area contributed by atoms with Crippen LogP contribution in [0.25, 0.3) is 0 Å². The van der Waals surface area contributed by atoms with E-state index in [0.29, 0.717) is 29.3 Å². The fourth-order valence-corrected chi connectivity index (χ4v) is 3.95. The maximum absolute atomic E-state index is 12.3. The van der Waals surface area contributed by atoms with Crippen molar-refractivity contribution < 1.29 is 9.59 Å². The lowest BCUT2D eigenvalue weighted by Gasteiger charge is -2.13. The minimum Gasteiger partial charge on any atom is -0.306 e. The summed E-state index contributed by atoms with van der Waals surface area (Å²) in [5, 5.41) is 9.46. The van der Waals surface area contributed by atoms with Gasteiger partial charge in [-0.1, -0.05) is 23.9 Å². The Hall–Kier alpha value is -2.15. The standard InChI is InChI=1S/C17H18N4O2S/c1-2-20-14(11-7-8-11)18-19-17(20)24-10-9-21-15(22)12-5-3-4-6-13(12)16(21)23/h3-6,11H,2,7-10H2,1H3. The molecule has 0 atom stereocenters. The molecule has 1 fully saturated rings. The van der Waals surface area contributed by atoms with Crippen LogP contribution in [0.2, 0.25) is 0 Å². The van der Waals surface area contributed by atoms with Crippen LogP contribution in [0.5, 0.6) is 0 Å². The highest BCUT2D eigenvalue weighted by Crippen LogP contribution is 2.40. The molecule has 1 saturated carbocycles. The topological polar surface area (TPSA) is 68.1 Å². The Morgan fingerprint density at radius 2 is 1.79 bits per heavy atom. The summed E-state index contributed by atoms with van der Waals surface area (Å²) < 4.78 is 2.14. The third-order valence-electron chi connectivity index (χ3n) is 4.43. The highest BCUT2D eigenvalue weighted by Gasteiger charge is 2.35. The normalized spacial score (nSPS) is 16.8. The number of aromatic nitrogens is 3. The maximum atomic E-state index is 12.3. The summed E-state index contributed by atoms with van der Waals surface area (Å²) in [5.74, 6) is 1.84. The summed E-state index contributed by atoms with van der Waals surface area (Å²) in [6.07, 6.45) is 2.38. The van der Waals surface area contributed by atoms with Crippen LogP contribution in [0, 0.1) is 0 Å². The number of thioether (sulfide) groups is 1. The Labute approximate surface area is 144 Å². The second-order valence-corrected chi connectivity index (χ2v) is 7.08. The van der Waals surface area contributed by atoms with E-state index in [2.05, 4.69) is 21.7 Å². The number of hydrogen-bond donors (Lipinski definition) is 0. The zero-order valence-electron chi connectivity index (χ0n) is 13.4. The Bertz CT molecular complexity index is 778. The molecule has 1 aromatic carbocycles. The summed E-state index contributed by atoms with van der Waals surface area (Å²) in [5.41, 5.74) is 1.00. The van der Waals surface area contributed by atoms with Crippen molar-refractivity contribution in [3.8, 4) is 0 Å². The molecule has 0 unspecified atom stereocenters. The highest BCUT2D eigenvalue weighted by atomic mass is 32.2. The van der Waals surface area contributed by atoms with Gasteiger partial charge in [0, 0.05) is 24.8 Å². The zero-order chi connectivity index (χ0) is 16.7. The Balaban J connectivity index is 1.42. The average Bonchev–Trinajstić information content (AvgIpc) is 3.33. The highest BCUT2D eigenvalue weighted by molar-refractivity contribution is 7.99. The van der Waals surface area contributed by atoms with E-state index in [1.807, 2.05) is 0 Å². The molecule has 1 aliphatic heterocycles. The van der Waals surface area contributed by atoms with Gasteiger partial charge in [-0.25, -0.2) is 0 Å². The Morgan fingerprint density at radius 1 is 1.12 bits per heavy atom. The van der Waals surface area contributed by atoms with Crippen molar-refractivity contribution in [3.63, 3.8) is 0 Å². The molecule has 2 amide bonds.